The van der Waals surface area contributed by atoms with Crippen LogP contribution in [0.5, 0.6) is 11.6 Å². The first-order valence-electron chi connectivity index (χ1n) is 6.21. The molecule has 100 valence electrons. The second kappa shape index (κ2) is 5.07. The zero-order chi connectivity index (χ0) is 14.1. The highest BCUT2D eigenvalue weighted by Crippen LogP contribution is 2.22. The fourth-order valence-electron chi connectivity index (χ4n) is 2.04. The molecule has 1 aromatic heterocycles. The van der Waals surface area contributed by atoms with Crippen LogP contribution in [0.4, 0.5) is 0 Å². The van der Waals surface area contributed by atoms with Crippen LogP contribution >= 0.6 is 0 Å². The molecule has 0 fully saturated rings. The highest BCUT2D eigenvalue weighted by molar-refractivity contribution is 6.61. The van der Waals surface area contributed by atoms with E-state index in [9.17, 15) is 9.82 Å². The Morgan fingerprint density at radius 3 is 2.95 bits per heavy atom. The topological polar surface area (TPSA) is 68.7 Å². The van der Waals surface area contributed by atoms with E-state index in [1.807, 2.05) is 6.07 Å². The van der Waals surface area contributed by atoms with Gasteiger partial charge in [0, 0.05) is 17.8 Å². The first kappa shape index (κ1) is 12.8. The fraction of sp³-hybridized carbons (Fsp3) is 0.143. The Bertz CT molecular complexity index is 657. The number of hydrogen-bond donors (Lipinski definition) is 1. The molecule has 6 heteroatoms. The summed E-state index contributed by atoms with van der Waals surface area (Å²) >= 11 is 0. The summed E-state index contributed by atoms with van der Waals surface area (Å²) in [5.74, 6) is 0.992. The summed E-state index contributed by atoms with van der Waals surface area (Å²) in [6.45, 7) is 1.85. The van der Waals surface area contributed by atoms with E-state index >= 15 is 0 Å². The molecule has 5 nitrogen and oxygen atoms in total. The van der Waals surface area contributed by atoms with Crippen LogP contribution in [0.3, 0.4) is 0 Å². The Kier molecular flexibility index (Phi) is 3.26. The SMILES string of the molecule is CC(=O)c1ccc(Oc2ccc3c(c2)COB3O)nc1. The van der Waals surface area contributed by atoms with Gasteiger partial charge in [-0.3, -0.25) is 4.79 Å². The van der Waals surface area contributed by atoms with Crippen molar-refractivity contribution in [1.29, 1.82) is 0 Å². The van der Waals surface area contributed by atoms with Crippen LogP contribution in [-0.4, -0.2) is 22.9 Å². The van der Waals surface area contributed by atoms with Gasteiger partial charge in [-0.05, 0) is 36.1 Å². The summed E-state index contributed by atoms with van der Waals surface area (Å²) in [7, 11) is -0.855. The Labute approximate surface area is 116 Å². The number of rotatable bonds is 3. The minimum Gasteiger partial charge on any atom is -0.439 e. The maximum atomic E-state index is 11.2. The summed E-state index contributed by atoms with van der Waals surface area (Å²) in [4.78, 5) is 15.2. The molecule has 1 N–H and O–H groups in total. The smallest absolute Gasteiger partial charge is 0.439 e. The lowest BCUT2D eigenvalue weighted by molar-refractivity contribution is 0.101. The van der Waals surface area contributed by atoms with E-state index in [2.05, 4.69) is 4.98 Å². The average molecular weight is 269 g/mol. The molecule has 0 amide bonds. The normalized spacial score (nSPS) is 13.2. The van der Waals surface area contributed by atoms with Crippen molar-refractivity contribution < 1.29 is 19.2 Å². The monoisotopic (exact) mass is 269 g/mol. The second-order valence-electron chi connectivity index (χ2n) is 4.57. The van der Waals surface area contributed by atoms with E-state index in [1.54, 1.807) is 24.3 Å². The molecule has 0 bridgehead atoms. The minimum absolute atomic E-state index is 0.0345. The molecule has 1 aromatic carbocycles. The third-order valence-corrected chi connectivity index (χ3v) is 3.14. The largest absolute Gasteiger partial charge is 0.491 e. The molecule has 0 radical (unpaired) electrons. The molecule has 0 atom stereocenters. The summed E-state index contributed by atoms with van der Waals surface area (Å²) in [5, 5.41) is 9.54. The highest BCUT2D eigenvalue weighted by atomic mass is 16.5. The van der Waals surface area contributed by atoms with Gasteiger partial charge in [0.15, 0.2) is 5.78 Å². The molecule has 1 aliphatic heterocycles. The van der Waals surface area contributed by atoms with Crippen LogP contribution in [-0.2, 0) is 11.3 Å². The number of aromatic nitrogens is 1. The summed E-state index contributed by atoms with van der Waals surface area (Å²) in [6, 6.07) is 8.65. The van der Waals surface area contributed by atoms with Crippen molar-refractivity contribution in [2.24, 2.45) is 0 Å². The first-order valence-corrected chi connectivity index (χ1v) is 6.21. The van der Waals surface area contributed by atoms with Crippen LogP contribution in [0.2, 0.25) is 0 Å². The van der Waals surface area contributed by atoms with Crippen LogP contribution in [0.25, 0.3) is 0 Å². The molecular weight excluding hydrogens is 257 g/mol. The average Bonchev–Trinajstić information content (AvgIpc) is 2.81. The Morgan fingerprint density at radius 1 is 1.40 bits per heavy atom. The quantitative estimate of drug-likeness (QED) is 0.671. The first-order chi connectivity index (χ1) is 9.63. The molecular formula is C14H12BNO4. The summed E-state index contributed by atoms with van der Waals surface area (Å²) in [6.07, 6.45) is 1.48. The number of carbonyl (C=O) groups is 1. The number of ether oxygens (including phenoxy) is 1. The lowest BCUT2D eigenvalue weighted by Gasteiger charge is -2.06. The number of ketones is 1. The molecule has 3 rings (SSSR count). The van der Waals surface area contributed by atoms with Gasteiger partial charge in [-0.25, -0.2) is 4.98 Å². The van der Waals surface area contributed by atoms with E-state index in [0.717, 1.165) is 11.0 Å². The van der Waals surface area contributed by atoms with Crippen molar-refractivity contribution in [1.82, 2.24) is 4.98 Å². The third-order valence-electron chi connectivity index (χ3n) is 3.14. The van der Waals surface area contributed by atoms with Gasteiger partial charge in [-0.1, -0.05) is 6.07 Å². The van der Waals surface area contributed by atoms with Gasteiger partial charge in [-0.15, -0.1) is 0 Å². The molecule has 2 heterocycles. The Balaban J connectivity index is 1.79. The predicted molar refractivity (Wildman–Crippen MR) is 73.2 cm³/mol. The van der Waals surface area contributed by atoms with Gasteiger partial charge in [0.05, 0.1) is 6.61 Å². The molecule has 1 aliphatic rings. The standard InChI is InChI=1S/C14H12BNO4/c1-9(17)10-2-5-14(16-7-10)20-12-3-4-13-11(6-12)8-19-15(13)18/h2-7,18H,8H2,1H3. The van der Waals surface area contributed by atoms with Gasteiger partial charge in [-0.2, -0.15) is 0 Å². The maximum absolute atomic E-state index is 11.2. The lowest BCUT2D eigenvalue weighted by atomic mass is 9.80. The maximum Gasteiger partial charge on any atom is 0.491 e. The van der Waals surface area contributed by atoms with Gasteiger partial charge in [0.2, 0.25) is 5.88 Å². The minimum atomic E-state index is -0.855. The zero-order valence-electron chi connectivity index (χ0n) is 10.9. The number of benzene rings is 1. The zero-order valence-corrected chi connectivity index (χ0v) is 10.9. The predicted octanol–water partition coefficient (Wildman–Crippen LogP) is 1.29. The number of Topliss-reactive ketones (excluding diaryl/α,β-unsaturated/α-hetero) is 1. The number of pyridine rings is 1. The molecule has 0 saturated carbocycles. The van der Waals surface area contributed by atoms with Crippen molar-refractivity contribution in [3.8, 4) is 11.6 Å². The molecule has 0 spiro atoms. The van der Waals surface area contributed by atoms with Crippen molar-refractivity contribution in [2.45, 2.75) is 13.5 Å². The van der Waals surface area contributed by atoms with Crippen LogP contribution < -0.4 is 10.2 Å². The van der Waals surface area contributed by atoms with E-state index in [4.69, 9.17) is 9.39 Å². The van der Waals surface area contributed by atoms with E-state index in [0.29, 0.717) is 23.8 Å². The van der Waals surface area contributed by atoms with Crippen molar-refractivity contribution >= 4 is 18.4 Å². The number of carbonyl (C=O) groups excluding carboxylic acids is 1. The molecule has 0 unspecified atom stereocenters. The van der Waals surface area contributed by atoms with Gasteiger partial charge < -0.3 is 14.4 Å². The second-order valence-corrected chi connectivity index (χ2v) is 4.57. The van der Waals surface area contributed by atoms with Crippen molar-refractivity contribution in [3.05, 3.63) is 47.7 Å². The fourth-order valence-corrected chi connectivity index (χ4v) is 2.04. The van der Waals surface area contributed by atoms with E-state index in [1.165, 1.54) is 13.1 Å². The summed E-state index contributed by atoms with van der Waals surface area (Å²) < 4.78 is 10.7. The van der Waals surface area contributed by atoms with Crippen LogP contribution in [0.15, 0.2) is 36.5 Å². The van der Waals surface area contributed by atoms with Gasteiger partial charge in [0.1, 0.15) is 5.75 Å². The number of nitrogens with zero attached hydrogens (tertiary/aromatic N) is 1. The molecule has 20 heavy (non-hydrogen) atoms. The van der Waals surface area contributed by atoms with Crippen LogP contribution in [0.1, 0.15) is 22.8 Å². The number of hydrogen-bond acceptors (Lipinski definition) is 5. The molecule has 2 aromatic rings. The van der Waals surface area contributed by atoms with Gasteiger partial charge in [0.25, 0.3) is 0 Å². The van der Waals surface area contributed by atoms with E-state index < -0.39 is 7.12 Å². The summed E-state index contributed by atoms with van der Waals surface area (Å²) in [5.41, 5.74) is 2.20. The lowest BCUT2D eigenvalue weighted by Crippen LogP contribution is -2.27. The van der Waals surface area contributed by atoms with Crippen molar-refractivity contribution in [3.63, 3.8) is 0 Å². The van der Waals surface area contributed by atoms with Crippen molar-refractivity contribution in [2.75, 3.05) is 0 Å². The number of fused-ring (bicyclic) bond motifs is 1. The third kappa shape index (κ3) is 2.43. The van der Waals surface area contributed by atoms with E-state index in [-0.39, 0.29) is 5.78 Å². The molecule has 0 saturated heterocycles. The Morgan fingerprint density at radius 2 is 2.25 bits per heavy atom. The Hall–Kier alpha value is -2.18. The van der Waals surface area contributed by atoms with Crippen LogP contribution in [0, 0.1) is 0 Å². The molecule has 0 aliphatic carbocycles. The van der Waals surface area contributed by atoms with Gasteiger partial charge >= 0.3 is 7.12 Å². The highest BCUT2D eigenvalue weighted by Gasteiger charge is 2.27.